The first-order valence-corrected chi connectivity index (χ1v) is 7.63. The predicted molar refractivity (Wildman–Crippen MR) is 74.2 cm³/mol. The summed E-state index contributed by atoms with van der Waals surface area (Å²) in [6, 6.07) is 3.17. The van der Waals surface area contributed by atoms with Gasteiger partial charge in [0.25, 0.3) is 0 Å². The van der Waals surface area contributed by atoms with Crippen LogP contribution in [0.5, 0.6) is 0 Å². The van der Waals surface area contributed by atoms with Crippen LogP contribution in [0, 0.1) is 17.2 Å². The van der Waals surface area contributed by atoms with Crippen molar-refractivity contribution in [2.75, 3.05) is 19.6 Å². The third kappa shape index (κ3) is 3.24. The van der Waals surface area contributed by atoms with Gasteiger partial charge >= 0.3 is 0 Å². The third-order valence-corrected chi connectivity index (χ3v) is 4.57. The lowest BCUT2D eigenvalue weighted by atomic mass is 9.79. The molecule has 2 unspecified atom stereocenters. The molecule has 0 aromatic heterocycles. The molecule has 3 heteroatoms. The smallest absolute Gasteiger partial charge is 0.108 e. The van der Waals surface area contributed by atoms with E-state index in [0.29, 0.717) is 6.04 Å². The first-order chi connectivity index (χ1) is 8.73. The molecule has 2 fully saturated rings. The highest BCUT2D eigenvalue weighted by atomic mass is 15.2. The van der Waals surface area contributed by atoms with Crippen molar-refractivity contribution < 1.29 is 0 Å². The van der Waals surface area contributed by atoms with E-state index in [0.717, 1.165) is 31.8 Å². The zero-order chi connectivity index (χ0) is 13.0. The van der Waals surface area contributed by atoms with E-state index in [1.807, 2.05) is 0 Å². The number of hydrogen-bond acceptors (Lipinski definition) is 3. The molecule has 2 atom stereocenters. The van der Waals surface area contributed by atoms with Gasteiger partial charge in [-0.05, 0) is 57.5 Å². The largest absolute Gasteiger partial charge is 0.300 e. The molecule has 2 saturated carbocycles. The minimum absolute atomic E-state index is 0.255. The van der Waals surface area contributed by atoms with Crippen LogP contribution >= 0.6 is 0 Å². The van der Waals surface area contributed by atoms with Crippen molar-refractivity contribution in [1.29, 1.82) is 5.26 Å². The number of rotatable bonds is 6. The highest BCUT2D eigenvalue weighted by Crippen LogP contribution is 2.35. The van der Waals surface area contributed by atoms with E-state index in [9.17, 15) is 5.26 Å². The van der Waals surface area contributed by atoms with Crippen molar-refractivity contribution in [3.05, 3.63) is 0 Å². The van der Waals surface area contributed by atoms with Crippen molar-refractivity contribution in [2.24, 2.45) is 5.92 Å². The summed E-state index contributed by atoms with van der Waals surface area (Å²) in [4.78, 5) is 2.63. The lowest BCUT2D eigenvalue weighted by Crippen LogP contribution is -2.53. The Hall–Kier alpha value is -0.590. The summed E-state index contributed by atoms with van der Waals surface area (Å²) in [7, 11) is 0. The topological polar surface area (TPSA) is 39.1 Å². The molecule has 0 aromatic rings. The third-order valence-electron chi connectivity index (χ3n) is 4.57. The molecule has 18 heavy (non-hydrogen) atoms. The van der Waals surface area contributed by atoms with Crippen molar-refractivity contribution in [1.82, 2.24) is 10.2 Å². The molecule has 0 saturated heterocycles. The average Bonchev–Trinajstić information content (AvgIpc) is 3.20. The zero-order valence-corrected chi connectivity index (χ0v) is 11.9. The first kappa shape index (κ1) is 13.8. The predicted octanol–water partition coefficient (Wildman–Crippen LogP) is 2.53. The van der Waals surface area contributed by atoms with E-state index in [-0.39, 0.29) is 5.54 Å². The molecule has 0 radical (unpaired) electrons. The van der Waals surface area contributed by atoms with Crippen LogP contribution in [0.2, 0.25) is 0 Å². The maximum atomic E-state index is 9.51. The van der Waals surface area contributed by atoms with Gasteiger partial charge < -0.3 is 4.90 Å². The van der Waals surface area contributed by atoms with Gasteiger partial charge in [0.1, 0.15) is 5.54 Å². The molecule has 0 heterocycles. The molecule has 102 valence electrons. The van der Waals surface area contributed by atoms with Crippen LogP contribution in [-0.2, 0) is 0 Å². The Morgan fingerprint density at radius 3 is 2.67 bits per heavy atom. The summed E-state index contributed by atoms with van der Waals surface area (Å²) in [5.74, 6) is 0.947. The molecule has 0 spiro atoms. The molecule has 0 aliphatic heterocycles. The van der Waals surface area contributed by atoms with E-state index in [4.69, 9.17) is 0 Å². The van der Waals surface area contributed by atoms with Gasteiger partial charge in [-0.25, -0.2) is 0 Å². The Kier molecular flexibility index (Phi) is 4.64. The second kappa shape index (κ2) is 6.04. The molecule has 2 rings (SSSR count). The second-order valence-electron chi connectivity index (χ2n) is 6.01. The van der Waals surface area contributed by atoms with Crippen molar-refractivity contribution >= 4 is 0 Å². The van der Waals surface area contributed by atoms with Crippen LogP contribution < -0.4 is 5.32 Å². The SMILES string of the molecule is CCNC1(C#N)CCCC(N(CC)CC2CC2)C1. The first-order valence-electron chi connectivity index (χ1n) is 7.63. The second-order valence-corrected chi connectivity index (χ2v) is 6.01. The average molecular weight is 249 g/mol. The Morgan fingerprint density at radius 2 is 2.11 bits per heavy atom. The van der Waals surface area contributed by atoms with Crippen molar-refractivity contribution in [3.63, 3.8) is 0 Å². The quantitative estimate of drug-likeness (QED) is 0.786. The molecule has 0 amide bonds. The van der Waals surface area contributed by atoms with Gasteiger partial charge in [-0.2, -0.15) is 5.26 Å². The Bertz CT molecular complexity index is 301. The van der Waals surface area contributed by atoms with Crippen LogP contribution in [0.4, 0.5) is 0 Å². The maximum absolute atomic E-state index is 9.51. The highest BCUT2D eigenvalue weighted by molar-refractivity contribution is 5.11. The maximum Gasteiger partial charge on any atom is 0.108 e. The summed E-state index contributed by atoms with van der Waals surface area (Å²) in [6.07, 6.45) is 7.33. The van der Waals surface area contributed by atoms with Crippen LogP contribution in [0.3, 0.4) is 0 Å². The Balaban J connectivity index is 1.97. The molecule has 0 aromatic carbocycles. The van der Waals surface area contributed by atoms with E-state index in [1.54, 1.807) is 0 Å². The Labute approximate surface area is 112 Å². The number of nitriles is 1. The van der Waals surface area contributed by atoms with Crippen LogP contribution in [-0.4, -0.2) is 36.1 Å². The molecule has 0 bridgehead atoms. The molecule has 3 nitrogen and oxygen atoms in total. The molecular weight excluding hydrogens is 222 g/mol. The van der Waals surface area contributed by atoms with Crippen LogP contribution in [0.1, 0.15) is 52.4 Å². The van der Waals surface area contributed by atoms with Crippen molar-refractivity contribution in [3.8, 4) is 6.07 Å². The number of hydrogen-bond donors (Lipinski definition) is 1. The fraction of sp³-hybridized carbons (Fsp3) is 0.933. The lowest BCUT2D eigenvalue weighted by molar-refractivity contribution is 0.121. The van der Waals surface area contributed by atoms with E-state index in [1.165, 1.54) is 32.2 Å². The minimum atomic E-state index is -0.255. The van der Waals surface area contributed by atoms with E-state index >= 15 is 0 Å². The summed E-state index contributed by atoms with van der Waals surface area (Å²) in [5.41, 5.74) is -0.255. The summed E-state index contributed by atoms with van der Waals surface area (Å²) >= 11 is 0. The van der Waals surface area contributed by atoms with Gasteiger partial charge in [-0.3, -0.25) is 5.32 Å². The fourth-order valence-corrected chi connectivity index (χ4v) is 3.37. The Morgan fingerprint density at radius 1 is 1.33 bits per heavy atom. The van der Waals surface area contributed by atoms with Gasteiger partial charge in [0.15, 0.2) is 0 Å². The molecule has 2 aliphatic carbocycles. The number of nitrogens with one attached hydrogen (secondary N) is 1. The van der Waals surface area contributed by atoms with Gasteiger partial charge in [0, 0.05) is 12.6 Å². The summed E-state index contributed by atoms with van der Waals surface area (Å²) in [6.45, 7) is 7.65. The standard InChI is InChI=1S/C15H27N3/c1-3-17-15(12-16)9-5-6-14(10-15)18(4-2)11-13-7-8-13/h13-14,17H,3-11H2,1-2H3. The monoisotopic (exact) mass is 249 g/mol. The van der Waals surface area contributed by atoms with Gasteiger partial charge in [-0.15, -0.1) is 0 Å². The molecular formula is C15H27N3. The minimum Gasteiger partial charge on any atom is -0.300 e. The van der Waals surface area contributed by atoms with Crippen LogP contribution in [0.25, 0.3) is 0 Å². The van der Waals surface area contributed by atoms with Gasteiger partial charge in [0.2, 0.25) is 0 Å². The van der Waals surface area contributed by atoms with Gasteiger partial charge in [0.05, 0.1) is 6.07 Å². The number of nitrogens with zero attached hydrogens (tertiary/aromatic N) is 2. The summed E-state index contributed by atoms with van der Waals surface area (Å²) < 4.78 is 0. The van der Waals surface area contributed by atoms with Gasteiger partial charge in [-0.1, -0.05) is 13.8 Å². The summed E-state index contributed by atoms with van der Waals surface area (Å²) in [5, 5.41) is 12.9. The molecule has 1 N–H and O–H groups in total. The highest BCUT2D eigenvalue weighted by Gasteiger charge is 2.38. The fourth-order valence-electron chi connectivity index (χ4n) is 3.37. The lowest BCUT2D eigenvalue weighted by Gasteiger charge is -2.41. The normalized spacial score (nSPS) is 32.4. The molecule has 2 aliphatic rings. The van der Waals surface area contributed by atoms with Crippen molar-refractivity contribution in [2.45, 2.75) is 64.0 Å². The zero-order valence-electron chi connectivity index (χ0n) is 11.9. The van der Waals surface area contributed by atoms with Crippen LogP contribution in [0.15, 0.2) is 0 Å². The van der Waals surface area contributed by atoms with E-state index in [2.05, 4.69) is 30.1 Å². The van der Waals surface area contributed by atoms with E-state index < -0.39 is 0 Å².